The van der Waals surface area contributed by atoms with Gasteiger partial charge in [-0.15, -0.1) is 5.06 Å². The summed E-state index contributed by atoms with van der Waals surface area (Å²) in [5.74, 6) is -1.22. The lowest BCUT2D eigenvalue weighted by molar-refractivity contribution is -0.197. The Morgan fingerprint density at radius 3 is 2.21 bits per heavy atom. The predicted molar refractivity (Wildman–Crippen MR) is 99.9 cm³/mol. The van der Waals surface area contributed by atoms with Crippen molar-refractivity contribution in [2.75, 3.05) is 6.54 Å². The molecule has 0 atom stereocenters. The fraction of sp³-hybridized carbons (Fsp3) is 0.500. The maximum absolute atomic E-state index is 11.9. The topological polar surface area (TPSA) is 102 Å². The molecular formula is C20H26N2O6. The summed E-state index contributed by atoms with van der Waals surface area (Å²) in [5, 5.41) is 3.12. The number of ether oxygens (including phenoxy) is 1. The highest BCUT2D eigenvalue weighted by molar-refractivity contribution is 6.01. The van der Waals surface area contributed by atoms with Crippen LogP contribution in [0.5, 0.6) is 5.75 Å². The van der Waals surface area contributed by atoms with Gasteiger partial charge < -0.3 is 14.9 Å². The molecule has 1 N–H and O–H groups in total. The summed E-state index contributed by atoms with van der Waals surface area (Å²) >= 11 is 0. The zero-order valence-electron chi connectivity index (χ0n) is 16.4. The fourth-order valence-electron chi connectivity index (χ4n) is 2.53. The summed E-state index contributed by atoms with van der Waals surface area (Å²) in [6.07, 6.45) is 0.806. The lowest BCUT2D eigenvalue weighted by atomic mass is 10.1. The van der Waals surface area contributed by atoms with Crippen LogP contribution in [0, 0.1) is 0 Å². The molecule has 0 saturated carbocycles. The lowest BCUT2D eigenvalue weighted by Crippen LogP contribution is -2.33. The third-order valence-electron chi connectivity index (χ3n) is 3.84. The van der Waals surface area contributed by atoms with Gasteiger partial charge in [-0.2, -0.15) is 0 Å². The van der Waals surface area contributed by atoms with Crippen LogP contribution in [0.2, 0.25) is 0 Å². The van der Waals surface area contributed by atoms with Crippen molar-refractivity contribution in [3.8, 4) is 5.75 Å². The number of rotatable bonds is 8. The maximum Gasteiger partial charge on any atom is 0.334 e. The van der Waals surface area contributed by atoms with Crippen LogP contribution in [-0.4, -0.2) is 40.9 Å². The van der Waals surface area contributed by atoms with E-state index in [9.17, 15) is 19.2 Å². The van der Waals surface area contributed by atoms with Gasteiger partial charge >= 0.3 is 5.97 Å². The highest BCUT2D eigenvalue weighted by Gasteiger charge is 2.32. The highest BCUT2D eigenvalue weighted by atomic mass is 16.7. The molecule has 8 heteroatoms. The second-order valence-corrected chi connectivity index (χ2v) is 7.50. The summed E-state index contributed by atoms with van der Waals surface area (Å²) in [7, 11) is 0. The Bertz CT molecular complexity index is 720. The van der Waals surface area contributed by atoms with E-state index in [2.05, 4.69) is 5.32 Å². The third-order valence-corrected chi connectivity index (χ3v) is 3.84. The van der Waals surface area contributed by atoms with E-state index in [1.807, 2.05) is 45.0 Å². The standard InChI is InChI=1S/C20H26N2O6/c1-20(2,3)27-15-7-4-14(5-8-15)6-9-16(23)21-13-12-19(26)28-22-17(24)10-11-18(22)25/h4-5,7-8H,6,9-13H2,1-3H3,(H,21,23). The van der Waals surface area contributed by atoms with E-state index >= 15 is 0 Å². The largest absolute Gasteiger partial charge is 0.488 e. The quantitative estimate of drug-likeness (QED) is 0.681. The van der Waals surface area contributed by atoms with Gasteiger partial charge in [-0.05, 0) is 44.9 Å². The van der Waals surface area contributed by atoms with E-state index < -0.39 is 17.8 Å². The zero-order chi connectivity index (χ0) is 20.7. The van der Waals surface area contributed by atoms with Crippen LogP contribution < -0.4 is 10.1 Å². The molecule has 0 spiro atoms. The van der Waals surface area contributed by atoms with Crippen molar-refractivity contribution in [1.29, 1.82) is 0 Å². The Kier molecular flexibility index (Phi) is 7.14. The number of amides is 3. The van der Waals surface area contributed by atoms with Gasteiger partial charge in [-0.1, -0.05) is 12.1 Å². The Labute approximate surface area is 164 Å². The Balaban J connectivity index is 1.65. The molecule has 0 radical (unpaired) electrons. The minimum Gasteiger partial charge on any atom is -0.488 e. The van der Waals surface area contributed by atoms with Crippen LogP contribution >= 0.6 is 0 Å². The van der Waals surface area contributed by atoms with Crippen molar-refractivity contribution in [1.82, 2.24) is 10.4 Å². The SMILES string of the molecule is CC(C)(C)Oc1ccc(CCC(=O)NCCC(=O)ON2C(=O)CCC2=O)cc1. The van der Waals surface area contributed by atoms with Gasteiger partial charge in [-0.25, -0.2) is 4.79 Å². The number of nitrogens with one attached hydrogen (secondary N) is 1. The first kappa shape index (κ1) is 21.4. The van der Waals surface area contributed by atoms with Crippen molar-refractivity contribution < 1.29 is 28.8 Å². The molecule has 1 aliphatic rings. The van der Waals surface area contributed by atoms with Crippen LogP contribution in [0.15, 0.2) is 24.3 Å². The van der Waals surface area contributed by atoms with Crippen LogP contribution in [-0.2, 0) is 30.4 Å². The summed E-state index contributed by atoms with van der Waals surface area (Å²) in [4.78, 5) is 51.0. The van der Waals surface area contributed by atoms with E-state index in [1.54, 1.807) is 0 Å². The monoisotopic (exact) mass is 390 g/mol. The van der Waals surface area contributed by atoms with Crippen LogP contribution in [0.1, 0.15) is 52.0 Å². The van der Waals surface area contributed by atoms with Crippen LogP contribution in [0.4, 0.5) is 0 Å². The number of carbonyl (C=O) groups is 4. The molecule has 1 fully saturated rings. The number of imide groups is 1. The first-order valence-electron chi connectivity index (χ1n) is 9.25. The van der Waals surface area contributed by atoms with Gasteiger partial charge in [0.15, 0.2) is 0 Å². The molecule has 1 aromatic carbocycles. The third kappa shape index (κ3) is 7.02. The average Bonchev–Trinajstić information content (AvgIpc) is 2.92. The Hall–Kier alpha value is -2.90. The summed E-state index contributed by atoms with van der Waals surface area (Å²) in [5.41, 5.74) is 0.736. The van der Waals surface area contributed by atoms with Crippen LogP contribution in [0.3, 0.4) is 0 Å². The normalized spacial score (nSPS) is 14.2. The highest BCUT2D eigenvalue weighted by Crippen LogP contribution is 2.19. The van der Waals surface area contributed by atoms with E-state index in [4.69, 9.17) is 9.57 Å². The van der Waals surface area contributed by atoms with Gasteiger partial charge in [0.25, 0.3) is 11.8 Å². The average molecular weight is 390 g/mol. The number of carbonyl (C=O) groups excluding carboxylic acids is 4. The van der Waals surface area contributed by atoms with Gasteiger partial charge in [-0.3, -0.25) is 14.4 Å². The van der Waals surface area contributed by atoms with Crippen molar-refractivity contribution >= 4 is 23.7 Å². The molecule has 0 bridgehead atoms. The molecule has 1 aromatic rings. The molecule has 0 unspecified atom stereocenters. The molecule has 2 rings (SSSR count). The van der Waals surface area contributed by atoms with Crippen molar-refractivity contribution in [2.45, 2.75) is 58.5 Å². The molecule has 1 aliphatic heterocycles. The van der Waals surface area contributed by atoms with Gasteiger partial charge in [0.05, 0.1) is 6.42 Å². The maximum atomic E-state index is 11.9. The molecule has 1 heterocycles. The first-order chi connectivity index (χ1) is 13.1. The van der Waals surface area contributed by atoms with Gasteiger partial charge in [0.1, 0.15) is 11.4 Å². The first-order valence-corrected chi connectivity index (χ1v) is 9.25. The Morgan fingerprint density at radius 1 is 1.04 bits per heavy atom. The molecule has 3 amide bonds. The van der Waals surface area contributed by atoms with Crippen molar-refractivity contribution in [2.24, 2.45) is 0 Å². The van der Waals surface area contributed by atoms with Crippen molar-refractivity contribution in [3.05, 3.63) is 29.8 Å². The Morgan fingerprint density at radius 2 is 1.64 bits per heavy atom. The van der Waals surface area contributed by atoms with E-state index in [0.29, 0.717) is 11.5 Å². The lowest BCUT2D eigenvalue weighted by Gasteiger charge is -2.21. The summed E-state index contributed by atoms with van der Waals surface area (Å²) in [6, 6.07) is 7.57. The number of aryl methyl sites for hydroxylation is 1. The summed E-state index contributed by atoms with van der Waals surface area (Å²) < 4.78 is 5.75. The fourth-order valence-corrected chi connectivity index (χ4v) is 2.53. The number of benzene rings is 1. The number of hydroxylamine groups is 2. The minimum absolute atomic E-state index is 0.0478. The molecule has 152 valence electrons. The molecule has 8 nitrogen and oxygen atoms in total. The van der Waals surface area contributed by atoms with E-state index in [-0.39, 0.29) is 43.7 Å². The number of hydrogen-bond acceptors (Lipinski definition) is 6. The number of nitrogens with zero attached hydrogens (tertiary/aromatic N) is 1. The molecule has 1 saturated heterocycles. The van der Waals surface area contributed by atoms with Gasteiger partial charge in [0, 0.05) is 25.8 Å². The smallest absolute Gasteiger partial charge is 0.334 e. The van der Waals surface area contributed by atoms with Gasteiger partial charge in [0.2, 0.25) is 5.91 Å². The molecule has 28 heavy (non-hydrogen) atoms. The molecular weight excluding hydrogens is 364 g/mol. The molecule has 0 aliphatic carbocycles. The minimum atomic E-state index is -0.738. The number of hydrogen-bond donors (Lipinski definition) is 1. The second-order valence-electron chi connectivity index (χ2n) is 7.50. The van der Waals surface area contributed by atoms with Crippen molar-refractivity contribution in [3.63, 3.8) is 0 Å². The summed E-state index contributed by atoms with van der Waals surface area (Å²) in [6.45, 7) is 6.00. The van der Waals surface area contributed by atoms with E-state index in [1.165, 1.54) is 0 Å². The zero-order valence-corrected chi connectivity index (χ0v) is 16.4. The van der Waals surface area contributed by atoms with Crippen LogP contribution in [0.25, 0.3) is 0 Å². The second kappa shape index (κ2) is 9.34. The van der Waals surface area contributed by atoms with E-state index in [0.717, 1.165) is 11.3 Å². The molecule has 0 aromatic heterocycles. The predicted octanol–water partition coefficient (Wildman–Crippen LogP) is 1.91.